The van der Waals surface area contributed by atoms with Gasteiger partial charge in [0.2, 0.25) is 5.85 Å². The summed E-state index contributed by atoms with van der Waals surface area (Å²) in [6.45, 7) is -0.264. The molecule has 9 nitrogen and oxygen atoms in total. The summed E-state index contributed by atoms with van der Waals surface area (Å²) in [5.74, 6) is -1.42. The van der Waals surface area contributed by atoms with Gasteiger partial charge in [0.1, 0.15) is 12.3 Å². The van der Waals surface area contributed by atoms with Gasteiger partial charge in [-0.15, -0.1) is 0 Å². The second kappa shape index (κ2) is 4.25. The molecule has 1 fully saturated rings. The average Bonchev–Trinajstić information content (AvgIpc) is 2.92. The van der Waals surface area contributed by atoms with Gasteiger partial charge >= 0.3 is 0 Å². The van der Waals surface area contributed by atoms with Crippen LogP contribution in [0.2, 0.25) is 0 Å². The molecule has 1 unspecified atom stereocenters. The van der Waals surface area contributed by atoms with Crippen molar-refractivity contribution in [1.82, 2.24) is 14.9 Å². The lowest BCUT2D eigenvalue weighted by molar-refractivity contribution is -0.0440. The number of hydrogen-bond acceptors (Lipinski definition) is 8. The van der Waals surface area contributed by atoms with E-state index in [-0.39, 0.29) is 12.3 Å². The number of hydrogen-bond donors (Lipinski definition) is 5. The fourth-order valence-electron chi connectivity index (χ4n) is 2.27. The van der Waals surface area contributed by atoms with Gasteiger partial charge < -0.3 is 25.4 Å². The number of rotatable bonds is 2. The van der Waals surface area contributed by atoms with E-state index in [9.17, 15) is 10.2 Å². The van der Waals surface area contributed by atoms with Crippen LogP contribution >= 0.6 is 0 Å². The van der Waals surface area contributed by atoms with Gasteiger partial charge in [0.15, 0.2) is 11.5 Å². The highest BCUT2D eigenvalue weighted by molar-refractivity contribution is 5.65. The topological polar surface area (TPSA) is 138 Å². The summed E-state index contributed by atoms with van der Waals surface area (Å²) in [4.78, 5) is 8.09. The first-order valence-electron chi connectivity index (χ1n) is 5.86. The summed E-state index contributed by atoms with van der Waals surface area (Å²) in [5, 5.41) is 31.2. The summed E-state index contributed by atoms with van der Waals surface area (Å²) < 4.78 is 7.08. The van der Waals surface area contributed by atoms with Gasteiger partial charge in [-0.05, 0) is 0 Å². The molecule has 3 rings (SSSR count). The number of nitrogens with one attached hydrogen (secondary N) is 1. The van der Waals surface area contributed by atoms with Gasteiger partial charge in [-0.25, -0.2) is 9.98 Å². The van der Waals surface area contributed by atoms with Crippen molar-refractivity contribution < 1.29 is 20.1 Å². The first-order valence-corrected chi connectivity index (χ1v) is 5.86. The standard InChI is InChI=1S/C10H15N5O4/c11-10(18)8-9(12-3-14-10)15(4-13-8)7-1-5(17)6(2-16)19-7/h3-7,16-18H,1-2,11H2,(H,12,14)/t5?,6-,7-,10-/m1/s1. The molecule has 2 aliphatic heterocycles. The van der Waals surface area contributed by atoms with Crippen LogP contribution in [0.3, 0.4) is 0 Å². The molecule has 2 aliphatic rings. The highest BCUT2D eigenvalue weighted by Gasteiger charge is 2.39. The van der Waals surface area contributed by atoms with E-state index in [0.717, 1.165) is 0 Å². The minimum Gasteiger partial charge on any atom is -0.394 e. The zero-order chi connectivity index (χ0) is 13.6. The third kappa shape index (κ3) is 1.91. The average molecular weight is 269 g/mol. The molecule has 4 atom stereocenters. The van der Waals surface area contributed by atoms with E-state index in [4.69, 9.17) is 15.6 Å². The van der Waals surface area contributed by atoms with Gasteiger partial charge in [0.25, 0.3) is 0 Å². The number of nitrogens with two attached hydrogens (primary N) is 1. The van der Waals surface area contributed by atoms with E-state index in [1.165, 1.54) is 12.7 Å². The fourth-order valence-corrected chi connectivity index (χ4v) is 2.27. The molecule has 0 aliphatic carbocycles. The van der Waals surface area contributed by atoms with Crippen LogP contribution < -0.4 is 11.1 Å². The van der Waals surface area contributed by atoms with E-state index in [1.807, 2.05) is 0 Å². The summed E-state index contributed by atoms with van der Waals surface area (Å²) in [6.07, 6.45) is 1.12. The minimum atomic E-state index is -1.78. The second-order valence-electron chi connectivity index (χ2n) is 4.61. The van der Waals surface area contributed by atoms with E-state index >= 15 is 0 Å². The van der Waals surface area contributed by atoms with Crippen LogP contribution in [0.15, 0.2) is 11.3 Å². The molecule has 19 heavy (non-hydrogen) atoms. The smallest absolute Gasteiger partial charge is 0.240 e. The highest BCUT2D eigenvalue weighted by Crippen LogP contribution is 2.35. The van der Waals surface area contributed by atoms with Crippen molar-refractivity contribution in [1.29, 1.82) is 0 Å². The molecule has 0 aromatic carbocycles. The van der Waals surface area contributed by atoms with Crippen LogP contribution in [0, 0.1) is 0 Å². The zero-order valence-electron chi connectivity index (χ0n) is 9.97. The van der Waals surface area contributed by atoms with Crippen LogP contribution in [0.25, 0.3) is 0 Å². The molecule has 3 heterocycles. The number of nitrogens with zero attached hydrogens (tertiary/aromatic N) is 3. The van der Waals surface area contributed by atoms with E-state index in [0.29, 0.717) is 12.2 Å². The second-order valence-corrected chi connectivity index (χ2v) is 4.61. The Balaban J connectivity index is 1.93. The quantitative estimate of drug-likeness (QED) is 0.386. The number of aliphatic hydroxyl groups excluding tert-OH is 2. The summed E-state index contributed by atoms with van der Waals surface area (Å²) in [5.41, 5.74) is 5.81. The lowest BCUT2D eigenvalue weighted by atomic mass is 10.2. The molecule has 0 saturated carbocycles. The fraction of sp³-hybridized carbons (Fsp3) is 0.600. The van der Waals surface area contributed by atoms with Gasteiger partial charge in [0.05, 0.1) is 25.4 Å². The number of fused-ring (bicyclic) bond motifs is 1. The molecular weight excluding hydrogens is 254 g/mol. The minimum absolute atomic E-state index is 0.181. The number of aliphatic imine (C=N–C) groups is 1. The van der Waals surface area contributed by atoms with Crippen molar-refractivity contribution in [3.63, 3.8) is 0 Å². The third-order valence-electron chi connectivity index (χ3n) is 3.29. The Hall–Kier alpha value is -1.52. The van der Waals surface area contributed by atoms with Crippen LogP contribution in [0.1, 0.15) is 18.3 Å². The maximum absolute atomic E-state index is 9.90. The summed E-state index contributed by atoms with van der Waals surface area (Å²) in [7, 11) is 0. The van der Waals surface area contributed by atoms with Crippen molar-refractivity contribution in [2.24, 2.45) is 10.7 Å². The van der Waals surface area contributed by atoms with Crippen molar-refractivity contribution in [2.45, 2.75) is 30.7 Å². The lowest BCUT2D eigenvalue weighted by Gasteiger charge is -2.25. The molecule has 0 bridgehead atoms. The first kappa shape index (κ1) is 12.5. The predicted molar refractivity (Wildman–Crippen MR) is 63.2 cm³/mol. The van der Waals surface area contributed by atoms with Crippen molar-refractivity contribution in [3.05, 3.63) is 12.0 Å². The number of aromatic nitrogens is 2. The third-order valence-corrected chi connectivity index (χ3v) is 3.29. The zero-order valence-corrected chi connectivity index (χ0v) is 9.97. The monoisotopic (exact) mass is 269 g/mol. The lowest BCUT2D eigenvalue weighted by Crippen LogP contribution is -2.51. The maximum atomic E-state index is 9.90. The Morgan fingerprint density at radius 2 is 2.42 bits per heavy atom. The molecule has 0 amide bonds. The Labute approximate surface area is 108 Å². The molecule has 6 N–H and O–H groups in total. The maximum Gasteiger partial charge on any atom is 0.240 e. The van der Waals surface area contributed by atoms with E-state index < -0.39 is 24.3 Å². The van der Waals surface area contributed by atoms with Gasteiger partial charge in [0, 0.05) is 6.42 Å². The van der Waals surface area contributed by atoms with Crippen molar-refractivity contribution >= 4 is 12.2 Å². The molecule has 0 radical (unpaired) electrons. The SMILES string of the molecule is N[C@@]1(O)NC=Nc2c1ncn2[C@H]1CC(O)[C@@H](CO)O1. The molecule has 9 heteroatoms. The number of aliphatic hydroxyl groups is 3. The van der Waals surface area contributed by atoms with Gasteiger partial charge in [-0.2, -0.15) is 0 Å². The summed E-state index contributed by atoms with van der Waals surface area (Å²) >= 11 is 0. The van der Waals surface area contributed by atoms with Gasteiger partial charge in [-0.1, -0.05) is 0 Å². The molecule has 0 spiro atoms. The van der Waals surface area contributed by atoms with Crippen LogP contribution in [0.4, 0.5) is 5.82 Å². The molecule has 1 aromatic heterocycles. The van der Waals surface area contributed by atoms with Crippen molar-refractivity contribution in [2.75, 3.05) is 6.61 Å². The predicted octanol–water partition coefficient (Wildman–Crippen LogP) is -2.15. The van der Waals surface area contributed by atoms with Gasteiger partial charge in [-0.3, -0.25) is 10.3 Å². The Kier molecular flexibility index (Phi) is 2.80. The van der Waals surface area contributed by atoms with E-state index in [2.05, 4.69) is 15.3 Å². The highest BCUT2D eigenvalue weighted by atomic mass is 16.5. The molecule has 104 valence electrons. The largest absolute Gasteiger partial charge is 0.394 e. The Bertz CT molecular complexity index is 514. The Morgan fingerprint density at radius 1 is 1.63 bits per heavy atom. The van der Waals surface area contributed by atoms with Crippen molar-refractivity contribution in [3.8, 4) is 0 Å². The van der Waals surface area contributed by atoms with Crippen LogP contribution in [-0.4, -0.2) is 50.0 Å². The Morgan fingerprint density at radius 3 is 3.11 bits per heavy atom. The van der Waals surface area contributed by atoms with Crippen LogP contribution in [-0.2, 0) is 10.6 Å². The molecular formula is C10H15N5O4. The van der Waals surface area contributed by atoms with E-state index in [1.54, 1.807) is 4.57 Å². The first-order chi connectivity index (χ1) is 9.03. The molecule has 1 saturated heterocycles. The van der Waals surface area contributed by atoms with Crippen LogP contribution in [0.5, 0.6) is 0 Å². The summed E-state index contributed by atoms with van der Waals surface area (Å²) in [6, 6.07) is 0. The normalized spacial score (nSPS) is 37.2. The number of imidazole rings is 1. The number of ether oxygens (including phenoxy) is 1. The molecule has 1 aromatic rings.